The van der Waals surface area contributed by atoms with Crippen molar-refractivity contribution in [1.82, 2.24) is 0 Å². The van der Waals surface area contributed by atoms with Crippen LogP contribution in [0.25, 0.3) is 0 Å². The fourth-order valence-electron chi connectivity index (χ4n) is 1.24. The van der Waals surface area contributed by atoms with Gasteiger partial charge in [-0.05, 0) is 12.0 Å². The molecule has 0 aliphatic rings. The lowest BCUT2D eigenvalue weighted by Crippen LogP contribution is -2.41. The third-order valence-corrected chi connectivity index (χ3v) is 3.62. The van der Waals surface area contributed by atoms with Crippen LogP contribution in [0, 0.1) is 0 Å². The first-order valence-electron chi connectivity index (χ1n) is 4.20. The molecule has 0 aromatic heterocycles. The summed E-state index contributed by atoms with van der Waals surface area (Å²) in [4.78, 5) is -1.92. The molecule has 0 aliphatic heterocycles. The van der Waals surface area contributed by atoms with Gasteiger partial charge < -0.3 is 5.73 Å². The molecule has 0 fully saturated rings. The van der Waals surface area contributed by atoms with Gasteiger partial charge in [0.15, 0.2) is 4.87 Å². The zero-order valence-corrected chi connectivity index (χ0v) is 8.59. The molecule has 0 aliphatic carbocycles. The first kappa shape index (κ1) is 11.1. The van der Waals surface area contributed by atoms with E-state index in [9.17, 15) is 12.3 Å². The van der Waals surface area contributed by atoms with E-state index in [1.807, 2.05) is 0 Å². The highest BCUT2D eigenvalue weighted by molar-refractivity contribution is 7.87. The Labute approximate surface area is 83.0 Å². The summed E-state index contributed by atoms with van der Waals surface area (Å²) in [7, 11) is -4.79. The minimum absolute atomic E-state index is 0.00412. The van der Waals surface area contributed by atoms with E-state index in [0.717, 1.165) is 0 Å². The summed E-state index contributed by atoms with van der Waals surface area (Å²) in [6.45, 7) is 1.53. The van der Waals surface area contributed by atoms with Gasteiger partial charge in [-0.3, -0.25) is 0 Å². The normalized spacial score (nSPS) is 16.2. The van der Waals surface area contributed by atoms with Crippen molar-refractivity contribution in [2.45, 2.75) is 18.2 Å². The Bertz CT molecular complexity index is 404. The Morgan fingerprint density at radius 1 is 1.36 bits per heavy atom. The van der Waals surface area contributed by atoms with Gasteiger partial charge in [-0.1, -0.05) is 37.3 Å². The molecule has 3 nitrogen and oxygen atoms in total. The number of halogens is 1. The van der Waals surface area contributed by atoms with E-state index in [1.165, 1.54) is 19.1 Å². The lowest BCUT2D eigenvalue weighted by molar-refractivity contribution is 0.475. The van der Waals surface area contributed by atoms with Gasteiger partial charge in [-0.15, -0.1) is 3.89 Å². The molecular weight excluding hydrogens is 205 g/mol. The van der Waals surface area contributed by atoms with E-state index >= 15 is 0 Å². The molecule has 14 heavy (non-hydrogen) atoms. The van der Waals surface area contributed by atoms with Crippen molar-refractivity contribution in [1.29, 1.82) is 0 Å². The highest BCUT2D eigenvalue weighted by Gasteiger charge is 2.40. The maximum absolute atomic E-state index is 13.0. The quantitative estimate of drug-likeness (QED) is 0.781. The highest BCUT2D eigenvalue weighted by atomic mass is 32.3. The molecule has 78 valence electrons. The minimum Gasteiger partial charge on any atom is -0.307 e. The summed E-state index contributed by atoms with van der Waals surface area (Å²) in [5, 5.41) is 0. The Kier molecular flexibility index (Phi) is 2.92. The lowest BCUT2D eigenvalue weighted by Gasteiger charge is -2.23. The SMILES string of the molecule is CCC(N)(c1ccccc1)S(=O)(=O)F. The van der Waals surface area contributed by atoms with E-state index in [0.29, 0.717) is 0 Å². The van der Waals surface area contributed by atoms with E-state index in [2.05, 4.69) is 0 Å². The van der Waals surface area contributed by atoms with Crippen molar-refractivity contribution in [3.8, 4) is 0 Å². The van der Waals surface area contributed by atoms with Crippen molar-refractivity contribution >= 4 is 10.2 Å². The largest absolute Gasteiger partial charge is 0.325 e. The molecule has 0 radical (unpaired) electrons. The number of benzene rings is 1. The monoisotopic (exact) mass is 217 g/mol. The molecular formula is C9H12FNO2S. The van der Waals surface area contributed by atoms with Crippen LogP contribution in [-0.4, -0.2) is 8.42 Å². The summed E-state index contributed by atoms with van der Waals surface area (Å²) in [5.74, 6) is 0. The summed E-state index contributed by atoms with van der Waals surface area (Å²) in [6, 6.07) is 7.96. The predicted molar refractivity (Wildman–Crippen MR) is 52.6 cm³/mol. The van der Waals surface area contributed by atoms with Gasteiger partial charge >= 0.3 is 10.2 Å². The first-order valence-corrected chi connectivity index (χ1v) is 5.59. The standard InChI is InChI=1S/C9H12FNO2S/c1-2-9(11,14(10,12)13)8-6-4-3-5-7-8/h3-7H,2,11H2,1H3. The zero-order valence-electron chi connectivity index (χ0n) is 7.77. The zero-order chi connectivity index (χ0) is 10.8. The molecule has 1 aromatic carbocycles. The van der Waals surface area contributed by atoms with Crippen molar-refractivity contribution in [2.24, 2.45) is 5.73 Å². The fraction of sp³-hybridized carbons (Fsp3) is 0.333. The van der Waals surface area contributed by atoms with Crippen molar-refractivity contribution in [3.05, 3.63) is 35.9 Å². The van der Waals surface area contributed by atoms with Crippen LogP contribution in [0.2, 0.25) is 0 Å². The maximum Gasteiger partial charge on any atom is 0.325 e. The van der Waals surface area contributed by atoms with Crippen LogP contribution in [0.5, 0.6) is 0 Å². The van der Waals surface area contributed by atoms with Crippen molar-refractivity contribution in [2.75, 3.05) is 0 Å². The van der Waals surface area contributed by atoms with Crippen LogP contribution < -0.4 is 5.73 Å². The Hall–Kier alpha value is -0.940. The Balaban J connectivity index is 3.30. The van der Waals surface area contributed by atoms with Gasteiger partial charge in [-0.2, -0.15) is 8.42 Å². The molecule has 0 heterocycles. The summed E-state index contributed by atoms with van der Waals surface area (Å²) in [6.07, 6.45) is -0.00412. The van der Waals surface area contributed by atoms with Crippen LogP contribution >= 0.6 is 0 Å². The molecule has 1 atom stereocenters. The van der Waals surface area contributed by atoms with Crippen molar-refractivity contribution < 1.29 is 12.3 Å². The molecule has 5 heteroatoms. The number of rotatable bonds is 3. The fourth-order valence-corrected chi connectivity index (χ4v) is 2.00. The maximum atomic E-state index is 13.0. The van der Waals surface area contributed by atoms with Crippen LogP contribution in [-0.2, 0) is 15.1 Å². The van der Waals surface area contributed by atoms with Gasteiger partial charge in [0.2, 0.25) is 0 Å². The molecule has 0 saturated heterocycles. The third-order valence-electron chi connectivity index (χ3n) is 2.22. The lowest BCUT2D eigenvalue weighted by atomic mass is 10.1. The summed E-state index contributed by atoms with van der Waals surface area (Å²) in [5.41, 5.74) is 5.80. The number of hydrogen-bond acceptors (Lipinski definition) is 3. The highest BCUT2D eigenvalue weighted by Crippen LogP contribution is 2.29. The van der Waals surface area contributed by atoms with Crippen LogP contribution in [0.1, 0.15) is 18.9 Å². The van der Waals surface area contributed by atoms with Crippen LogP contribution in [0.15, 0.2) is 30.3 Å². The third kappa shape index (κ3) is 1.78. The molecule has 0 bridgehead atoms. The average molecular weight is 217 g/mol. The summed E-state index contributed by atoms with van der Waals surface area (Å²) >= 11 is 0. The Morgan fingerprint density at radius 3 is 2.21 bits per heavy atom. The van der Waals surface area contributed by atoms with Gasteiger partial charge in [-0.25, -0.2) is 0 Å². The summed E-state index contributed by atoms with van der Waals surface area (Å²) < 4.78 is 34.8. The second-order valence-corrected chi connectivity index (χ2v) is 4.65. The smallest absolute Gasteiger partial charge is 0.307 e. The molecule has 0 amide bonds. The topological polar surface area (TPSA) is 60.2 Å². The molecule has 1 aromatic rings. The van der Waals surface area contributed by atoms with Crippen LogP contribution in [0.4, 0.5) is 3.89 Å². The average Bonchev–Trinajstić information content (AvgIpc) is 2.16. The van der Waals surface area contributed by atoms with Gasteiger partial charge in [0.05, 0.1) is 0 Å². The molecule has 0 spiro atoms. The van der Waals surface area contributed by atoms with E-state index in [4.69, 9.17) is 5.73 Å². The second-order valence-electron chi connectivity index (χ2n) is 3.05. The van der Waals surface area contributed by atoms with Crippen LogP contribution in [0.3, 0.4) is 0 Å². The molecule has 2 N–H and O–H groups in total. The molecule has 1 rings (SSSR count). The molecule has 0 saturated carbocycles. The predicted octanol–water partition coefficient (Wildman–Crippen LogP) is 1.51. The number of nitrogens with two attached hydrogens (primary N) is 1. The van der Waals surface area contributed by atoms with Gasteiger partial charge in [0, 0.05) is 0 Å². The van der Waals surface area contributed by atoms with Gasteiger partial charge in [0.25, 0.3) is 0 Å². The Morgan fingerprint density at radius 2 is 1.86 bits per heavy atom. The molecule has 1 unspecified atom stereocenters. The van der Waals surface area contributed by atoms with E-state index in [1.54, 1.807) is 18.2 Å². The minimum atomic E-state index is -4.79. The number of hydrogen-bond donors (Lipinski definition) is 1. The van der Waals surface area contributed by atoms with Crippen molar-refractivity contribution in [3.63, 3.8) is 0 Å². The second kappa shape index (κ2) is 3.67. The van der Waals surface area contributed by atoms with E-state index in [-0.39, 0.29) is 12.0 Å². The first-order chi connectivity index (χ1) is 6.42. The van der Waals surface area contributed by atoms with E-state index < -0.39 is 15.1 Å². The van der Waals surface area contributed by atoms with Gasteiger partial charge in [0.1, 0.15) is 0 Å².